The lowest BCUT2D eigenvalue weighted by Crippen LogP contribution is -1.99. The molecule has 0 aromatic rings. The summed E-state index contributed by atoms with van der Waals surface area (Å²) in [5, 5.41) is 0. The summed E-state index contributed by atoms with van der Waals surface area (Å²) in [4.78, 5) is 3.47. The Morgan fingerprint density at radius 2 is 2.00 bits per heavy atom. The minimum absolute atomic E-state index is 0.353. The van der Waals surface area contributed by atoms with Gasteiger partial charge in [-0.1, -0.05) is 12.2 Å². The Hall–Kier alpha value is 0.350. The highest BCUT2D eigenvalue weighted by Gasteiger charge is 1.94. The van der Waals surface area contributed by atoms with Crippen LogP contribution in [-0.4, -0.2) is 15.4 Å². The predicted octanol–water partition coefficient (Wildman–Crippen LogP) is 1.60. The maximum absolute atomic E-state index is 5.15. The lowest BCUT2D eigenvalue weighted by Gasteiger charge is -1.91. The second-order valence-corrected chi connectivity index (χ2v) is 4.41. The number of thiocarbonyl (C=S) groups is 2. The summed E-state index contributed by atoms with van der Waals surface area (Å²) in [7, 11) is 2.45. The van der Waals surface area contributed by atoms with Crippen LogP contribution in [0.25, 0.3) is 0 Å². The second kappa shape index (κ2) is 5.16. The van der Waals surface area contributed by atoms with Gasteiger partial charge in [-0.05, 0) is 40.5 Å². The van der Waals surface area contributed by atoms with Crippen LogP contribution in [0.5, 0.6) is 0 Å². The smallest absolute Gasteiger partial charge is 0.170 e. The standard InChI is InChI=1S/C3H4N2S4/c1-5-3(7)9-8-2(4)6/h1H2,(H2,4,6). The van der Waals surface area contributed by atoms with Crippen molar-refractivity contribution >= 4 is 61.4 Å². The second-order valence-electron chi connectivity index (χ2n) is 0.910. The van der Waals surface area contributed by atoms with E-state index in [1.165, 1.54) is 21.6 Å². The quantitative estimate of drug-likeness (QED) is 0.362. The van der Waals surface area contributed by atoms with E-state index in [2.05, 4.69) is 36.1 Å². The monoisotopic (exact) mass is 196 g/mol. The van der Waals surface area contributed by atoms with Gasteiger partial charge >= 0.3 is 0 Å². The summed E-state index contributed by atoms with van der Waals surface area (Å²) in [6.07, 6.45) is 0. The van der Waals surface area contributed by atoms with Crippen molar-refractivity contribution in [2.45, 2.75) is 0 Å². The van der Waals surface area contributed by atoms with E-state index >= 15 is 0 Å². The Bertz CT molecular complexity index is 143. The molecular weight excluding hydrogens is 192 g/mol. The molecule has 0 aliphatic rings. The van der Waals surface area contributed by atoms with Crippen LogP contribution in [-0.2, 0) is 0 Å². The van der Waals surface area contributed by atoms with E-state index in [0.29, 0.717) is 8.64 Å². The van der Waals surface area contributed by atoms with Gasteiger partial charge in [0.05, 0.1) is 0 Å². The van der Waals surface area contributed by atoms with Gasteiger partial charge in [-0.2, -0.15) is 0 Å². The molecule has 0 spiro atoms. The number of nitrogens with two attached hydrogens (primary N) is 1. The zero-order chi connectivity index (χ0) is 7.28. The topological polar surface area (TPSA) is 38.4 Å². The third-order valence-electron chi connectivity index (χ3n) is 0.324. The lowest BCUT2D eigenvalue weighted by atomic mass is 11.4. The van der Waals surface area contributed by atoms with Gasteiger partial charge in [0.1, 0.15) is 4.32 Å². The van der Waals surface area contributed by atoms with Gasteiger partial charge in [0, 0.05) is 0 Å². The van der Waals surface area contributed by atoms with E-state index < -0.39 is 0 Å². The first-order valence-corrected chi connectivity index (χ1v) is 4.78. The highest BCUT2D eigenvalue weighted by atomic mass is 33.1. The van der Waals surface area contributed by atoms with E-state index in [1.54, 1.807) is 0 Å². The molecule has 2 nitrogen and oxygen atoms in total. The normalized spacial score (nSPS) is 8.44. The first-order valence-electron chi connectivity index (χ1n) is 1.81. The molecule has 0 saturated heterocycles. The van der Waals surface area contributed by atoms with Gasteiger partial charge < -0.3 is 5.73 Å². The summed E-state index contributed by atoms with van der Waals surface area (Å²) < 4.78 is 0.804. The SMILES string of the molecule is C=NC(=S)SSC(N)=S. The van der Waals surface area contributed by atoms with E-state index in [4.69, 9.17) is 5.73 Å². The zero-order valence-corrected chi connectivity index (χ0v) is 7.63. The molecule has 0 amide bonds. The fourth-order valence-corrected chi connectivity index (χ4v) is 1.54. The first kappa shape index (κ1) is 9.35. The van der Waals surface area contributed by atoms with Crippen LogP contribution in [0, 0.1) is 0 Å². The van der Waals surface area contributed by atoms with Crippen LogP contribution in [0.1, 0.15) is 0 Å². The number of rotatable bonds is 0. The van der Waals surface area contributed by atoms with Gasteiger partial charge in [-0.15, -0.1) is 0 Å². The molecule has 0 saturated carbocycles. The van der Waals surface area contributed by atoms with E-state index in [9.17, 15) is 0 Å². The van der Waals surface area contributed by atoms with Crippen LogP contribution in [0.15, 0.2) is 4.99 Å². The molecular formula is C3H4N2S4. The molecule has 9 heavy (non-hydrogen) atoms. The molecule has 0 aromatic carbocycles. The van der Waals surface area contributed by atoms with Crippen molar-refractivity contribution in [2.24, 2.45) is 10.7 Å². The fraction of sp³-hybridized carbons (Fsp3) is 0. The average molecular weight is 196 g/mol. The zero-order valence-electron chi connectivity index (χ0n) is 4.36. The Labute approximate surface area is 72.1 Å². The highest BCUT2D eigenvalue weighted by molar-refractivity contribution is 8.89. The van der Waals surface area contributed by atoms with Gasteiger partial charge in [0.2, 0.25) is 0 Å². The van der Waals surface area contributed by atoms with Crippen LogP contribution >= 0.6 is 46.0 Å². The molecule has 0 aliphatic carbocycles. The predicted molar refractivity (Wildman–Crippen MR) is 54.1 cm³/mol. The Morgan fingerprint density at radius 1 is 1.44 bits per heavy atom. The summed E-state index contributed by atoms with van der Waals surface area (Å²) in [6.45, 7) is 3.23. The van der Waals surface area contributed by atoms with Gasteiger partial charge in [-0.25, -0.2) is 4.99 Å². The molecule has 0 atom stereocenters. The fourth-order valence-electron chi connectivity index (χ4n) is 0.103. The molecule has 0 aliphatic heterocycles. The van der Waals surface area contributed by atoms with Crippen molar-refractivity contribution in [2.75, 3.05) is 0 Å². The molecule has 0 heterocycles. The lowest BCUT2D eigenvalue weighted by molar-refractivity contribution is 1.91. The molecule has 6 heteroatoms. The molecule has 0 bridgehead atoms. The van der Waals surface area contributed by atoms with Crippen molar-refractivity contribution in [3.63, 3.8) is 0 Å². The molecule has 50 valence electrons. The van der Waals surface area contributed by atoms with Crippen molar-refractivity contribution in [1.29, 1.82) is 0 Å². The molecule has 0 aromatic heterocycles. The molecule has 0 fully saturated rings. The van der Waals surface area contributed by atoms with Crippen LogP contribution in [0.3, 0.4) is 0 Å². The van der Waals surface area contributed by atoms with Crippen molar-refractivity contribution in [1.82, 2.24) is 0 Å². The third kappa shape index (κ3) is 6.23. The van der Waals surface area contributed by atoms with Crippen molar-refractivity contribution in [3.05, 3.63) is 0 Å². The highest BCUT2D eigenvalue weighted by Crippen LogP contribution is 2.22. The average Bonchev–Trinajstić information content (AvgIpc) is 1.83. The molecule has 0 rings (SSSR count). The largest absolute Gasteiger partial charge is 0.384 e. The maximum atomic E-state index is 5.15. The summed E-state index contributed by atoms with van der Waals surface area (Å²) in [5.41, 5.74) is 5.15. The third-order valence-corrected chi connectivity index (χ3v) is 3.37. The number of hydrogen-bond acceptors (Lipinski definition) is 4. The molecule has 0 unspecified atom stereocenters. The molecule has 0 radical (unpaired) electrons. The summed E-state index contributed by atoms with van der Waals surface area (Å²) in [5.74, 6) is 0. The van der Waals surface area contributed by atoms with Crippen LogP contribution in [0.2, 0.25) is 0 Å². The van der Waals surface area contributed by atoms with E-state index in [0.717, 1.165) is 0 Å². The minimum atomic E-state index is 0.353. The number of hydrogen-bond donors (Lipinski definition) is 1. The van der Waals surface area contributed by atoms with E-state index in [-0.39, 0.29) is 0 Å². The van der Waals surface area contributed by atoms with Crippen molar-refractivity contribution in [3.8, 4) is 0 Å². The first-order chi connectivity index (χ1) is 4.16. The van der Waals surface area contributed by atoms with Crippen LogP contribution < -0.4 is 5.73 Å². The van der Waals surface area contributed by atoms with E-state index in [1.807, 2.05) is 0 Å². The van der Waals surface area contributed by atoms with Gasteiger partial charge in [0.25, 0.3) is 0 Å². The van der Waals surface area contributed by atoms with Crippen molar-refractivity contribution < 1.29 is 0 Å². The molecule has 2 N–H and O–H groups in total. The summed E-state index contributed by atoms with van der Waals surface area (Å²) >= 11 is 9.23. The van der Waals surface area contributed by atoms with Crippen LogP contribution in [0.4, 0.5) is 0 Å². The maximum Gasteiger partial charge on any atom is 0.170 e. The Morgan fingerprint density at radius 3 is 2.33 bits per heavy atom. The van der Waals surface area contributed by atoms with Gasteiger partial charge in [0.15, 0.2) is 4.32 Å². The van der Waals surface area contributed by atoms with Gasteiger partial charge in [-0.3, -0.25) is 0 Å². The Kier molecular flexibility index (Phi) is 5.36. The minimum Gasteiger partial charge on any atom is -0.384 e. The summed E-state index contributed by atoms with van der Waals surface area (Å²) in [6, 6.07) is 0. The number of aliphatic imine (C=N–C) groups is 1. The number of nitrogens with zero attached hydrogens (tertiary/aromatic N) is 1. The Balaban J connectivity index is 3.39.